The lowest BCUT2D eigenvalue weighted by Gasteiger charge is -2.20. The number of aromatic nitrogens is 2. The van der Waals surface area contributed by atoms with Gasteiger partial charge in [0.15, 0.2) is 6.61 Å². The normalized spacial score (nSPS) is 12.2. The van der Waals surface area contributed by atoms with Gasteiger partial charge >= 0.3 is 12.4 Å². The number of hydrogen-bond acceptors (Lipinski definition) is 4. The molecule has 2 aromatic rings. The van der Waals surface area contributed by atoms with Gasteiger partial charge in [0.25, 0.3) is 0 Å². The molecule has 0 spiro atoms. The van der Waals surface area contributed by atoms with E-state index in [9.17, 15) is 26.3 Å². The predicted molar refractivity (Wildman–Crippen MR) is 82.5 cm³/mol. The molecule has 0 aliphatic carbocycles. The average molecular weight is 379 g/mol. The summed E-state index contributed by atoms with van der Waals surface area (Å²) in [4.78, 5) is 8.48. The number of halogens is 6. The molecule has 0 saturated heterocycles. The summed E-state index contributed by atoms with van der Waals surface area (Å²) in [5.74, 6) is -1.39. The fourth-order valence-electron chi connectivity index (χ4n) is 2.04. The van der Waals surface area contributed by atoms with Crippen molar-refractivity contribution in [2.45, 2.75) is 25.7 Å². The molecule has 2 rings (SSSR count). The van der Waals surface area contributed by atoms with Gasteiger partial charge in [-0.1, -0.05) is 19.1 Å². The third-order valence-electron chi connectivity index (χ3n) is 3.45. The summed E-state index contributed by atoms with van der Waals surface area (Å²) in [5.41, 5.74) is 0.133. The monoisotopic (exact) mass is 379 g/mol. The van der Waals surface area contributed by atoms with Crippen molar-refractivity contribution in [3.05, 3.63) is 41.6 Å². The summed E-state index contributed by atoms with van der Waals surface area (Å²) in [6.07, 6.45) is -8.53. The van der Waals surface area contributed by atoms with Crippen LogP contribution in [0.15, 0.2) is 30.5 Å². The summed E-state index contributed by atoms with van der Waals surface area (Å²) < 4.78 is 80.0. The Kier molecular flexibility index (Phi) is 5.62. The van der Waals surface area contributed by atoms with E-state index in [1.165, 1.54) is 11.9 Å². The number of anilines is 2. The highest BCUT2D eigenvalue weighted by Crippen LogP contribution is 2.36. The topological polar surface area (TPSA) is 38.2 Å². The first-order chi connectivity index (χ1) is 12.0. The van der Waals surface area contributed by atoms with Crippen LogP contribution in [0.4, 0.5) is 38.0 Å². The summed E-state index contributed by atoms with van der Waals surface area (Å²) in [5, 5.41) is 0. The maximum Gasteiger partial charge on any atom is 0.423 e. The van der Waals surface area contributed by atoms with Gasteiger partial charge in [0.1, 0.15) is 5.56 Å². The number of ether oxygens (including phenoxy) is 1. The molecule has 1 aromatic carbocycles. The summed E-state index contributed by atoms with van der Waals surface area (Å²) in [6, 6.07) is 7.04. The van der Waals surface area contributed by atoms with E-state index in [1.54, 1.807) is 12.1 Å². The largest absolute Gasteiger partial charge is 0.467 e. The van der Waals surface area contributed by atoms with Gasteiger partial charge in [0.2, 0.25) is 11.8 Å². The SMILES string of the molecule is CCc1ccc(N(C)c2ncc(C(F)(F)F)c(OCC(F)(F)F)n2)cc1. The number of hydrogen-bond donors (Lipinski definition) is 0. The van der Waals surface area contributed by atoms with E-state index in [0.717, 1.165) is 12.0 Å². The first kappa shape index (κ1) is 19.8. The Morgan fingerprint density at radius 1 is 1.04 bits per heavy atom. The smallest absolute Gasteiger partial charge is 0.423 e. The molecule has 0 N–H and O–H groups in total. The van der Waals surface area contributed by atoms with Gasteiger partial charge < -0.3 is 9.64 Å². The number of benzene rings is 1. The van der Waals surface area contributed by atoms with E-state index in [4.69, 9.17) is 0 Å². The van der Waals surface area contributed by atoms with Crippen molar-refractivity contribution in [3.63, 3.8) is 0 Å². The second kappa shape index (κ2) is 7.38. The van der Waals surface area contributed by atoms with Crippen molar-refractivity contribution >= 4 is 11.6 Å². The van der Waals surface area contributed by atoms with Crippen LogP contribution in [0.3, 0.4) is 0 Å². The zero-order chi connectivity index (χ0) is 19.5. The van der Waals surface area contributed by atoms with E-state index < -0.39 is 30.4 Å². The fraction of sp³-hybridized carbons (Fsp3) is 0.375. The Bertz CT molecular complexity index is 743. The maximum atomic E-state index is 13.0. The highest BCUT2D eigenvalue weighted by molar-refractivity contribution is 5.57. The molecule has 1 heterocycles. The van der Waals surface area contributed by atoms with Crippen LogP contribution in [0, 0.1) is 0 Å². The lowest BCUT2D eigenvalue weighted by molar-refractivity contribution is -0.159. The molecule has 0 radical (unpaired) electrons. The fourth-order valence-corrected chi connectivity index (χ4v) is 2.04. The van der Waals surface area contributed by atoms with Crippen LogP contribution < -0.4 is 9.64 Å². The quantitative estimate of drug-likeness (QED) is 0.702. The Balaban J connectivity index is 2.36. The second-order valence-corrected chi connectivity index (χ2v) is 5.37. The molecule has 26 heavy (non-hydrogen) atoms. The van der Waals surface area contributed by atoms with Crippen molar-refractivity contribution in [2.75, 3.05) is 18.6 Å². The van der Waals surface area contributed by atoms with Crippen LogP contribution in [0.1, 0.15) is 18.1 Å². The Labute approximate surface area is 145 Å². The molecule has 0 bridgehead atoms. The van der Waals surface area contributed by atoms with Crippen LogP contribution in [0.5, 0.6) is 5.88 Å². The van der Waals surface area contributed by atoms with Crippen molar-refractivity contribution in [1.29, 1.82) is 0 Å². The molecule has 4 nitrogen and oxygen atoms in total. The number of aryl methyl sites for hydroxylation is 1. The van der Waals surface area contributed by atoms with Crippen LogP contribution in [0.25, 0.3) is 0 Å². The van der Waals surface area contributed by atoms with Gasteiger partial charge in [-0.15, -0.1) is 0 Å². The van der Waals surface area contributed by atoms with Crippen LogP contribution in [-0.4, -0.2) is 29.8 Å². The minimum atomic E-state index is -4.94. The zero-order valence-corrected chi connectivity index (χ0v) is 13.8. The van der Waals surface area contributed by atoms with Crippen LogP contribution >= 0.6 is 0 Å². The predicted octanol–water partition coefficient (Wildman–Crippen LogP) is 4.77. The number of alkyl halides is 6. The maximum absolute atomic E-state index is 13.0. The lowest BCUT2D eigenvalue weighted by Crippen LogP contribution is -2.23. The molecule has 0 saturated carbocycles. The third kappa shape index (κ3) is 4.99. The first-order valence-corrected chi connectivity index (χ1v) is 7.47. The molecule has 0 amide bonds. The number of nitrogens with zero attached hydrogens (tertiary/aromatic N) is 3. The van der Waals surface area contributed by atoms with Gasteiger partial charge in [0, 0.05) is 18.9 Å². The van der Waals surface area contributed by atoms with Crippen molar-refractivity contribution < 1.29 is 31.1 Å². The van der Waals surface area contributed by atoms with Gasteiger partial charge in [-0.2, -0.15) is 31.3 Å². The van der Waals surface area contributed by atoms with E-state index in [2.05, 4.69) is 14.7 Å². The van der Waals surface area contributed by atoms with Crippen molar-refractivity contribution in [1.82, 2.24) is 9.97 Å². The Morgan fingerprint density at radius 2 is 1.65 bits per heavy atom. The first-order valence-electron chi connectivity index (χ1n) is 7.47. The van der Waals surface area contributed by atoms with Gasteiger partial charge in [-0.3, -0.25) is 0 Å². The molecular formula is C16H15F6N3O. The highest BCUT2D eigenvalue weighted by atomic mass is 19.4. The second-order valence-electron chi connectivity index (χ2n) is 5.37. The summed E-state index contributed by atoms with van der Waals surface area (Å²) in [7, 11) is 1.48. The van der Waals surface area contributed by atoms with Crippen molar-refractivity contribution in [3.8, 4) is 5.88 Å². The minimum Gasteiger partial charge on any atom is -0.467 e. The molecule has 0 fully saturated rings. The van der Waals surface area contributed by atoms with E-state index in [0.29, 0.717) is 11.9 Å². The molecular weight excluding hydrogens is 364 g/mol. The number of rotatable bonds is 5. The summed E-state index contributed by atoms with van der Waals surface area (Å²) in [6.45, 7) is 0.0728. The van der Waals surface area contributed by atoms with Crippen LogP contribution in [0.2, 0.25) is 0 Å². The molecule has 10 heteroatoms. The van der Waals surface area contributed by atoms with Gasteiger partial charge in [-0.05, 0) is 24.1 Å². The molecule has 0 aliphatic heterocycles. The lowest BCUT2D eigenvalue weighted by atomic mass is 10.1. The zero-order valence-electron chi connectivity index (χ0n) is 13.8. The van der Waals surface area contributed by atoms with Crippen LogP contribution in [-0.2, 0) is 12.6 Å². The third-order valence-corrected chi connectivity index (χ3v) is 3.45. The Hall–Kier alpha value is -2.52. The average Bonchev–Trinajstić information content (AvgIpc) is 2.57. The molecule has 1 aromatic heterocycles. The highest BCUT2D eigenvalue weighted by Gasteiger charge is 2.38. The standard InChI is InChI=1S/C16H15F6N3O/c1-3-10-4-6-11(7-5-10)25(2)14-23-8-12(16(20,21)22)13(24-14)26-9-15(17,18)19/h4-8H,3,9H2,1-2H3. The van der Waals surface area contributed by atoms with E-state index in [-0.39, 0.29) is 5.95 Å². The Morgan fingerprint density at radius 3 is 2.15 bits per heavy atom. The molecule has 0 atom stereocenters. The molecule has 0 unspecified atom stereocenters. The van der Waals surface area contributed by atoms with Gasteiger partial charge in [0.05, 0.1) is 0 Å². The van der Waals surface area contributed by atoms with E-state index >= 15 is 0 Å². The molecule has 0 aliphatic rings. The summed E-state index contributed by atoms with van der Waals surface area (Å²) >= 11 is 0. The van der Waals surface area contributed by atoms with Crippen molar-refractivity contribution in [2.24, 2.45) is 0 Å². The minimum absolute atomic E-state index is 0.223. The van der Waals surface area contributed by atoms with Gasteiger partial charge in [-0.25, -0.2) is 4.98 Å². The van der Waals surface area contributed by atoms with E-state index in [1.807, 2.05) is 19.1 Å². The molecule has 142 valence electrons.